The van der Waals surface area contributed by atoms with Gasteiger partial charge in [-0.15, -0.1) is 0 Å². The third-order valence-corrected chi connectivity index (χ3v) is 8.52. The van der Waals surface area contributed by atoms with Crippen molar-refractivity contribution in [1.29, 1.82) is 0 Å². The van der Waals surface area contributed by atoms with Gasteiger partial charge in [0, 0.05) is 5.56 Å². The molecule has 0 aliphatic rings. The van der Waals surface area contributed by atoms with E-state index in [-0.39, 0.29) is 22.8 Å². The van der Waals surface area contributed by atoms with Gasteiger partial charge in [0.25, 0.3) is 0 Å². The Morgan fingerprint density at radius 3 is 1.58 bits per heavy atom. The molecule has 0 aliphatic carbocycles. The van der Waals surface area contributed by atoms with Crippen LogP contribution in [0, 0.1) is 0 Å². The molecule has 0 heterocycles. The maximum absolute atomic E-state index is 12.1. The molecule has 0 spiro atoms. The van der Waals surface area contributed by atoms with Gasteiger partial charge < -0.3 is 17.0 Å². The lowest BCUT2D eigenvalue weighted by Crippen LogP contribution is -3.00. The normalized spacial score (nSPS) is 11.2. The minimum Gasteiger partial charge on any atom is -1.00 e. The number of carbonyl (C=O) groups excluding carboxylic acids is 1. The first kappa shape index (κ1) is 20.3. The second-order valence-corrected chi connectivity index (χ2v) is 9.65. The van der Waals surface area contributed by atoms with Gasteiger partial charge in [0.05, 0.1) is 6.66 Å². The number of rotatable bonds is 5. The predicted molar refractivity (Wildman–Crippen MR) is 110 cm³/mol. The lowest BCUT2D eigenvalue weighted by atomic mass is 10.1. The molecule has 132 valence electrons. The third kappa shape index (κ3) is 4.03. The number of carbonyl (C=O) groups is 1. The summed E-state index contributed by atoms with van der Waals surface area (Å²) in [5.41, 5.74) is 0.731. The van der Waals surface area contributed by atoms with Gasteiger partial charge in [-0.05, 0) is 61.5 Å². The van der Waals surface area contributed by atoms with Crippen molar-refractivity contribution in [1.82, 2.24) is 0 Å². The highest BCUT2D eigenvalue weighted by molar-refractivity contribution is 7.95. The van der Waals surface area contributed by atoms with Crippen molar-refractivity contribution in [3.8, 4) is 0 Å². The van der Waals surface area contributed by atoms with E-state index in [1.54, 1.807) is 12.2 Å². The third-order valence-electron chi connectivity index (χ3n) is 4.53. The van der Waals surface area contributed by atoms with Crippen molar-refractivity contribution in [2.45, 2.75) is 6.92 Å². The lowest BCUT2D eigenvalue weighted by Gasteiger charge is -2.23. The molecule has 0 saturated carbocycles. The molecule has 0 aliphatic heterocycles. The molecule has 3 aromatic carbocycles. The van der Waals surface area contributed by atoms with Crippen LogP contribution in [0.15, 0.2) is 97.1 Å². The zero-order valence-electron chi connectivity index (χ0n) is 15.0. The van der Waals surface area contributed by atoms with Gasteiger partial charge in [-0.3, -0.25) is 4.79 Å². The average molecular weight is 425 g/mol. The first-order chi connectivity index (χ1) is 12.2. The van der Waals surface area contributed by atoms with Gasteiger partial charge in [-0.25, -0.2) is 0 Å². The van der Waals surface area contributed by atoms with E-state index < -0.39 is 7.26 Å². The Morgan fingerprint density at radius 2 is 1.15 bits per heavy atom. The molecule has 0 amide bonds. The Balaban J connectivity index is 0.00000243. The van der Waals surface area contributed by atoms with Crippen LogP contribution in [0.5, 0.6) is 0 Å². The van der Waals surface area contributed by atoms with Crippen LogP contribution >= 0.6 is 7.26 Å². The van der Waals surface area contributed by atoms with E-state index in [0.29, 0.717) is 0 Å². The predicted octanol–water partition coefficient (Wildman–Crippen LogP) is 1.37. The fourth-order valence-electron chi connectivity index (χ4n) is 3.07. The van der Waals surface area contributed by atoms with Gasteiger partial charge in [-0.2, -0.15) is 0 Å². The summed E-state index contributed by atoms with van der Waals surface area (Å²) < 4.78 is 0. The molecule has 0 unspecified atom stereocenters. The van der Waals surface area contributed by atoms with Crippen LogP contribution < -0.4 is 32.9 Å². The van der Waals surface area contributed by atoms with Crippen LogP contribution in [0.2, 0.25) is 0 Å². The van der Waals surface area contributed by atoms with E-state index >= 15 is 0 Å². The summed E-state index contributed by atoms with van der Waals surface area (Å²) in [7, 11) is -1.72. The van der Waals surface area contributed by atoms with Crippen molar-refractivity contribution in [3.63, 3.8) is 0 Å². The molecule has 0 aromatic heterocycles. The maximum Gasteiger partial charge on any atom is 0.185 e. The van der Waals surface area contributed by atoms with Crippen LogP contribution in [0.1, 0.15) is 17.3 Å². The molecule has 0 atom stereocenters. The topological polar surface area (TPSA) is 17.1 Å². The second-order valence-electron chi connectivity index (χ2n) is 6.09. The Morgan fingerprint density at radius 1 is 0.731 bits per heavy atom. The number of hydrogen-bond acceptors (Lipinski definition) is 1. The molecule has 0 saturated heterocycles. The average Bonchev–Trinajstić information content (AvgIpc) is 2.69. The summed E-state index contributed by atoms with van der Waals surface area (Å²) >= 11 is 0. The summed E-state index contributed by atoms with van der Waals surface area (Å²) in [6.07, 6.45) is 3.39. The monoisotopic (exact) mass is 424 g/mol. The smallest absolute Gasteiger partial charge is 0.185 e. The number of halogens is 1. The lowest BCUT2D eigenvalue weighted by molar-refractivity contribution is -0.0000123. The van der Waals surface area contributed by atoms with Gasteiger partial charge in [0.15, 0.2) is 5.78 Å². The minimum absolute atomic E-state index is 0. The van der Waals surface area contributed by atoms with E-state index in [2.05, 4.69) is 79.5 Å². The molecule has 0 radical (unpaired) electrons. The SMILES string of the molecule is C/C=C/C(=O)c1ccc([P+](C)(c2ccccc2)c2ccccc2)cc1.[Br-]. The summed E-state index contributed by atoms with van der Waals surface area (Å²) in [6, 6.07) is 29.5. The fraction of sp³-hybridized carbons (Fsp3) is 0.0870. The standard InChI is InChI=1S/C23H22OP.BrH/c1-3-10-23(24)19-15-17-22(18-16-19)25(2,20-11-6-4-7-12-20)21-13-8-5-9-14-21;/h3-18H,1-2H3;1H/q+1;/p-1/b10-3+;. The van der Waals surface area contributed by atoms with Crippen molar-refractivity contribution >= 4 is 29.0 Å². The van der Waals surface area contributed by atoms with E-state index in [0.717, 1.165) is 5.56 Å². The first-order valence-corrected chi connectivity index (χ1v) is 10.7. The van der Waals surface area contributed by atoms with E-state index in [4.69, 9.17) is 0 Å². The molecule has 1 nitrogen and oxygen atoms in total. The first-order valence-electron chi connectivity index (χ1n) is 8.41. The number of allylic oxidation sites excluding steroid dienone is 2. The number of benzene rings is 3. The van der Waals surface area contributed by atoms with Crippen LogP contribution in [0.25, 0.3) is 0 Å². The van der Waals surface area contributed by atoms with Crippen LogP contribution in [-0.2, 0) is 0 Å². The number of ketones is 1. The van der Waals surface area contributed by atoms with Crippen molar-refractivity contribution < 1.29 is 21.8 Å². The van der Waals surface area contributed by atoms with Crippen molar-refractivity contribution in [2.24, 2.45) is 0 Å². The van der Waals surface area contributed by atoms with Gasteiger partial charge in [0.2, 0.25) is 0 Å². The van der Waals surface area contributed by atoms with Crippen molar-refractivity contribution in [2.75, 3.05) is 6.66 Å². The summed E-state index contributed by atoms with van der Waals surface area (Å²) in [6.45, 7) is 4.21. The summed E-state index contributed by atoms with van der Waals surface area (Å²) in [5.74, 6) is 0.0495. The molecule has 26 heavy (non-hydrogen) atoms. The number of hydrogen-bond donors (Lipinski definition) is 0. The largest absolute Gasteiger partial charge is 1.00 e. The molecule has 0 N–H and O–H groups in total. The van der Waals surface area contributed by atoms with E-state index in [9.17, 15) is 4.79 Å². The van der Waals surface area contributed by atoms with Crippen molar-refractivity contribution in [3.05, 3.63) is 103 Å². The summed E-state index contributed by atoms with van der Waals surface area (Å²) in [4.78, 5) is 12.1. The fourth-order valence-corrected chi connectivity index (χ4v) is 6.25. The van der Waals surface area contributed by atoms with E-state index in [1.807, 2.05) is 19.1 Å². The highest BCUT2D eigenvalue weighted by atomic mass is 79.9. The Hall–Kier alpha value is -2.02. The zero-order chi connectivity index (χ0) is 17.7. The van der Waals surface area contributed by atoms with Crippen LogP contribution in [0.4, 0.5) is 0 Å². The minimum atomic E-state index is -1.72. The molecule has 3 rings (SSSR count). The molecule has 0 fully saturated rings. The van der Waals surface area contributed by atoms with Gasteiger partial charge >= 0.3 is 0 Å². The highest BCUT2D eigenvalue weighted by Gasteiger charge is 2.39. The maximum atomic E-state index is 12.1. The second kappa shape index (κ2) is 9.07. The molecular weight excluding hydrogens is 403 g/mol. The molecule has 3 aromatic rings. The summed E-state index contributed by atoms with van der Waals surface area (Å²) in [5, 5.41) is 3.96. The van der Waals surface area contributed by atoms with E-state index in [1.165, 1.54) is 15.9 Å². The zero-order valence-corrected chi connectivity index (χ0v) is 17.5. The van der Waals surface area contributed by atoms with Gasteiger partial charge in [-0.1, -0.05) is 42.5 Å². The quantitative estimate of drug-likeness (QED) is 0.343. The van der Waals surface area contributed by atoms with Crippen LogP contribution in [-0.4, -0.2) is 12.4 Å². The molecular formula is C23H22BrOP. The van der Waals surface area contributed by atoms with Gasteiger partial charge in [0.1, 0.15) is 23.2 Å². The Bertz CT molecular complexity index is 832. The Labute approximate surface area is 166 Å². The molecule has 3 heteroatoms. The van der Waals surface area contributed by atoms with Crippen LogP contribution in [0.3, 0.4) is 0 Å². The highest BCUT2D eigenvalue weighted by Crippen LogP contribution is 2.51. The Kier molecular flexibility index (Phi) is 7.08. The molecule has 0 bridgehead atoms.